The van der Waals surface area contributed by atoms with Crippen molar-refractivity contribution in [1.29, 1.82) is 0 Å². The fraction of sp³-hybridized carbons (Fsp3) is 1.00. The van der Waals surface area contributed by atoms with Gasteiger partial charge in [0.15, 0.2) is 0 Å². The van der Waals surface area contributed by atoms with Crippen LogP contribution < -0.4 is 5.32 Å². The van der Waals surface area contributed by atoms with Gasteiger partial charge in [-0.3, -0.25) is 0 Å². The van der Waals surface area contributed by atoms with E-state index in [4.69, 9.17) is 4.74 Å². The molecule has 0 spiro atoms. The summed E-state index contributed by atoms with van der Waals surface area (Å²) in [6, 6.07) is 0.632. The molecule has 1 aliphatic rings. The number of hydrogen-bond donors (Lipinski definition) is 1. The largest absolute Gasteiger partial charge is 0.384 e. The Morgan fingerprint density at radius 3 is 3.07 bits per heavy atom. The normalized spacial score (nSPS) is 27.2. The van der Waals surface area contributed by atoms with Crippen molar-refractivity contribution in [3.8, 4) is 0 Å². The van der Waals surface area contributed by atoms with Gasteiger partial charge >= 0.3 is 0 Å². The minimum atomic E-state index is 0.632. The molecule has 0 saturated carbocycles. The van der Waals surface area contributed by atoms with Crippen molar-refractivity contribution in [2.45, 2.75) is 26.3 Å². The molecular weight excluding hydrogens is 176 g/mol. The van der Waals surface area contributed by atoms with Gasteiger partial charge in [0.2, 0.25) is 0 Å². The summed E-state index contributed by atoms with van der Waals surface area (Å²) in [5, 5.41) is 3.51. The molecule has 0 aliphatic carbocycles. The Morgan fingerprint density at radius 2 is 2.36 bits per heavy atom. The molecule has 3 nitrogen and oxygen atoms in total. The number of nitrogens with zero attached hydrogens (tertiary/aromatic N) is 1. The molecule has 1 rings (SSSR count). The van der Waals surface area contributed by atoms with Crippen molar-refractivity contribution in [3.63, 3.8) is 0 Å². The van der Waals surface area contributed by atoms with Crippen LogP contribution in [0.4, 0.5) is 0 Å². The lowest BCUT2D eigenvalue weighted by Gasteiger charge is -2.25. The molecule has 0 aromatic carbocycles. The monoisotopic (exact) mass is 200 g/mol. The fourth-order valence-corrected chi connectivity index (χ4v) is 2.14. The van der Waals surface area contributed by atoms with E-state index >= 15 is 0 Å². The molecule has 2 atom stereocenters. The third-order valence-electron chi connectivity index (χ3n) is 2.70. The Morgan fingerprint density at radius 1 is 1.57 bits per heavy atom. The van der Waals surface area contributed by atoms with Gasteiger partial charge in [-0.15, -0.1) is 0 Å². The highest BCUT2D eigenvalue weighted by Crippen LogP contribution is 2.05. The van der Waals surface area contributed by atoms with E-state index in [2.05, 4.69) is 24.1 Å². The number of ether oxygens (including phenoxy) is 1. The number of methoxy groups -OCH3 is 1. The molecular formula is C11H24N2O. The smallest absolute Gasteiger partial charge is 0.0500 e. The number of rotatable bonds is 4. The first-order valence-electron chi connectivity index (χ1n) is 5.67. The van der Waals surface area contributed by atoms with Crippen LogP contribution in [-0.2, 0) is 4.74 Å². The van der Waals surface area contributed by atoms with Crippen LogP contribution in [0.3, 0.4) is 0 Å². The zero-order valence-electron chi connectivity index (χ0n) is 9.75. The second-order valence-corrected chi connectivity index (χ2v) is 4.53. The fourth-order valence-electron chi connectivity index (χ4n) is 2.14. The Hall–Kier alpha value is -0.120. The molecule has 0 aromatic rings. The summed E-state index contributed by atoms with van der Waals surface area (Å²) in [4.78, 5) is 2.55. The van der Waals surface area contributed by atoms with Crippen LogP contribution in [0.5, 0.6) is 0 Å². The predicted octanol–water partition coefficient (Wildman–Crippen LogP) is 0.953. The van der Waals surface area contributed by atoms with Gasteiger partial charge in [0.25, 0.3) is 0 Å². The standard InChI is InChI=1S/C11H24N2O/c1-10(9-14-3)7-13-6-4-5-12-11(2)8-13/h10-12H,4-9H2,1-3H3. The van der Waals surface area contributed by atoms with Crippen LogP contribution in [0.2, 0.25) is 0 Å². The second kappa shape index (κ2) is 6.38. The topological polar surface area (TPSA) is 24.5 Å². The maximum Gasteiger partial charge on any atom is 0.0500 e. The lowest BCUT2D eigenvalue weighted by Crippen LogP contribution is -2.38. The molecule has 1 fully saturated rings. The van der Waals surface area contributed by atoms with Crippen molar-refractivity contribution >= 4 is 0 Å². The molecule has 14 heavy (non-hydrogen) atoms. The average Bonchev–Trinajstić information content (AvgIpc) is 2.30. The molecule has 1 aliphatic heterocycles. The first-order valence-corrected chi connectivity index (χ1v) is 5.67. The molecule has 1 saturated heterocycles. The van der Waals surface area contributed by atoms with E-state index in [1.807, 2.05) is 0 Å². The van der Waals surface area contributed by atoms with E-state index in [1.54, 1.807) is 7.11 Å². The van der Waals surface area contributed by atoms with E-state index in [9.17, 15) is 0 Å². The van der Waals surface area contributed by atoms with Crippen molar-refractivity contribution in [2.24, 2.45) is 5.92 Å². The van der Waals surface area contributed by atoms with Crippen LogP contribution in [0, 0.1) is 5.92 Å². The highest BCUT2D eigenvalue weighted by atomic mass is 16.5. The molecule has 2 unspecified atom stereocenters. The maximum absolute atomic E-state index is 5.16. The summed E-state index contributed by atoms with van der Waals surface area (Å²) in [5.74, 6) is 0.644. The van der Waals surface area contributed by atoms with Gasteiger partial charge in [0, 0.05) is 32.8 Å². The highest BCUT2D eigenvalue weighted by molar-refractivity contribution is 4.74. The van der Waals surface area contributed by atoms with Crippen LogP contribution >= 0.6 is 0 Å². The zero-order valence-corrected chi connectivity index (χ0v) is 9.75. The molecule has 0 amide bonds. The molecule has 3 heteroatoms. The summed E-state index contributed by atoms with van der Waals surface area (Å²) in [7, 11) is 1.78. The van der Waals surface area contributed by atoms with Gasteiger partial charge < -0.3 is 15.0 Å². The van der Waals surface area contributed by atoms with E-state index in [1.165, 1.54) is 26.1 Å². The quantitative estimate of drug-likeness (QED) is 0.731. The number of hydrogen-bond acceptors (Lipinski definition) is 3. The molecule has 1 heterocycles. The summed E-state index contributed by atoms with van der Waals surface area (Å²) in [5.41, 5.74) is 0. The Kier molecular flexibility index (Phi) is 5.45. The maximum atomic E-state index is 5.16. The van der Waals surface area contributed by atoms with Gasteiger partial charge in [-0.25, -0.2) is 0 Å². The minimum Gasteiger partial charge on any atom is -0.384 e. The summed E-state index contributed by atoms with van der Waals surface area (Å²) in [6.07, 6.45) is 1.27. The Balaban J connectivity index is 2.27. The van der Waals surface area contributed by atoms with Crippen LogP contribution in [-0.4, -0.2) is 50.8 Å². The van der Waals surface area contributed by atoms with Gasteiger partial charge in [0.05, 0.1) is 0 Å². The van der Waals surface area contributed by atoms with E-state index in [0.717, 1.165) is 13.2 Å². The minimum absolute atomic E-state index is 0.632. The molecule has 84 valence electrons. The van der Waals surface area contributed by atoms with Crippen molar-refractivity contribution in [1.82, 2.24) is 10.2 Å². The molecule has 1 N–H and O–H groups in total. The molecule has 0 bridgehead atoms. The zero-order chi connectivity index (χ0) is 10.4. The first kappa shape index (κ1) is 12.0. The average molecular weight is 200 g/mol. The van der Waals surface area contributed by atoms with Gasteiger partial charge in [-0.1, -0.05) is 6.92 Å². The molecule has 0 radical (unpaired) electrons. The Bertz CT molecular complexity index is 152. The summed E-state index contributed by atoms with van der Waals surface area (Å²) >= 11 is 0. The van der Waals surface area contributed by atoms with Crippen molar-refractivity contribution in [2.75, 3.05) is 39.9 Å². The van der Waals surface area contributed by atoms with Crippen LogP contribution in [0.25, 0.3) is 0 Å². The van der Waals surface area contributed by atoms with E-state index in [0.29, 0.717) is 12.0 Å². The SMILES string of the molecule is COCC(C)CN1CCCNC(C)C1. The third-order valence-corrected chi connectivity index (χ3v) is 2.70. The van der Waals surface area contributed by atoms with Crippen molar-refractivity contribution < 1.29 is 4.74 Å². The second-order valence-electron chi connectivity index (χ2n) is 4.53. The van der Waals surface area contributed by atoms with Crippen LogP contribution in [0.15, 0.2) is 0 Å². The lowest BCUT2D eigenvalue weighted by atomic mass is 10.1. The van der Waals surface area contributed by atoms with E-state index in [-0.39, 0.29) is 0 Å². The first-order chi connectivity index (χ1) is 6.72. The van der Waals surface area contributed by atoms with E-state index < -0.39 is 0 Å². The Labute approximate surface area is 87.8 Å². The van der Waals surface area contributed by atoms with Gasteiger partial charge in [-0.05, 0) is 32.4 Å². The van der Waals surface area contributed by atoms with Gasteiger partial charge in [0.1, 0.15) is 0 Å². The third kappa shape index (κ3) is 4.40. The summed E-state index contributed by atoms with van der Waals surface area (Å²) in [6.45, 7) is 10.1. The predicted molar refractivity (Wildman–Crippen MR) is 59.6 cm³/mol. The van der Waals surface area contributed by atoms with Crippen molar-refractivity contribution in [3.05, 3.63) is 0 Å². The molecule has 0 aromatic heterocycles. The lowest BCUT2D eigenvalue weighted by molar-refractivity contribution is 0.129. The van der Waals surface area contributed by atoms with Gasteiger partial charge in [-0.2, -0.15) is 0 Å². The number of nitrogens with one attached hydrogen (secondary N) is 1. The summed E-state index contributed by atoms with van der Waals surface area (Å²) < 4.78 is 5.16. The highest BCUT2D eigenvalue weighted by Gasteiger charge is 2.15. The van der Waals surface area contributed by atoms with Crippen LogP contribution in [0.1, 0.15) is 20.3 Å².